The van der Waals surface area contributed by atoms with Crippen molar-refractivity contribution in [3.05, 3.63) is 85.1 Å². The van der Waals surface area contributed by atoms with Crippen molar-refractivity contribution >= 4 is 35.5 Å². The Balaban J connectivity index is 0.00000150. The first-order valence-electron chi connectivity index (χ1n) is 17.8. The Bertz CT molecular complexity index is 1340. The van der Waals surface area contributed by atoms with Gasteiger partial charge in [-0.3, -0.25) is 4.79 Å². The van der Waals surface area contributed by atoms with E-state index in [4.69, 9.17) is 24.4 Å². The number of hydrogen-bond donors (Lipinski definition) is 3. The fourth-order valence-electron chi connectivity index (χ4n) is 4.19. The van der Waals surface area contributed by atoms with E-state index in [0.717, 1.165) is 69.2 Å². The van der Waals surface area contributed by atoms with Crippen LogP contribution in [0.1, 0.15) is 79.1 Å². The highest BCUT2D eigenvalue weighted by molar-refractivity contribution is 6.99. The van der Waals surface area contributed by atoms with Gasteiger partial charge in [0.1, 0.15) is 12.7 Å². The largest absolute Gasteiger partial charge is 0.478 e. The first-order chi connectivity index (χ1) is 25.0. The van der Waals surface area contributed by atoms with Crippen molar-refractivity contribution in [2.45, 2.75) is 90.7 Å². The van der Waals surface area contributed by atoms with Crippen LogP contribution in [-0.2, 0) is 23.9 Å². The van der Waals surface area contributed by atoms with Crippen LogP contribution in [0.25, 0.3) is 0 Å². The lowest BCUT2D eigenvalue weighted by Crippen LogP contribution is -2.44. The second kappa shape index (κ2) is 29.3. The highest BCUT2D eigenvalue weighted by Crippen LogP contribution is 2.26. The average molecular weight is 743 g/mol. The molecule has 1 aromatic rings. The molecule has 1 aliphatic heterocycles. The zero-order valence-corrected chi connectivity index (χ0v) is 32.0. The number of carbonyl (C=O) groups is 3. The lowest BCUT2D eigenvalue weighted by atomic mass is 10.1. The Morgan fingerprint density at radius 2 is 1.33 bits per heavy atom. The number of aromatic nitrogens is 2. The lowest BCUT2D eigenvalue weighted by molar-refractivity contribution is -0.150. The molecule has 0 amide bonds. The van der Waals surface area contributed by atoms with Gasteiger partial charge in [-0.25, -0.2) is 9.59 Å². The van der Waals surface area contributed by atoms with E-state index in [1.807, 2.05) is 6.08 Å². The first-order valence-corrected chi connectivity index (χ1v) is 18.5. The van der Waals surface area contributed by atoms with Gasteiger partial charge in [-0.2, -0.15) is 4.37 Å². The number of anilines is 1. The van der Waals surface area contributed by atoms with Crippen molar-refractivity contribution in [2.24, 2.45) is 0 Å². The van der Waals surface area contributed by atoms with Gasteiger partial charge in [0.15, 0.2) is 0 Å². The van der Waals surface area contributed by atoms with Crippen molar-refractivity contribution in [1.29, 1.82) is 0 Å². The summed E-state index contributed by atoms with van der Waals surface area (Å²) >= 11 is 1.12. The molecule has 288 valence electrons. The molecular formula is C39H58N4O8S. The SMILES string of the molecule is CC/C=C\C/C=C\C/C=C\C/C=C\C/C=C\C/C=C\CCC(=O)O[C@@H](CNC(C)(C)C)COc1nsnc1N1CCOCC1.O=C(O)/C=C\C(=O)O. The van der Waals surface area contributed by atoms with Crippen LogP contribution in [0.4, 0.5) is 5.82 Å². The van der Waals surface area contributed by atoms with Gasteiger partial charge in [-0.15, -0.1) is 4.37 Å². The molecule has 2 heterocycles. The van der Waals surface area contributed by atoms with Crippen LogP contribution in [0.15, 0.2) is 85.1 Å². The number of esters is 1. The number of morpholine rings is 1. The lowest BCUT2D eigenvalue weighted by Gasteiger charge is -2.27. The van der Waals surface area contributed by atoms with E-state index < -0.39 is 18.0 Å². The number of carboxylic acid groups (broad SMARTS) is 2. The number of nitrogens with zero attached hydrogens (tertiary/aromatic N) is 3. The third-order valence-electron chi connectivity index (χ3n) is 6.80. The quantitative estimate of drug-likeness (QED) is 0.0587. The Morgan fingerprint density at radius 1 is 0.827 bits per heavy atom. The smallest absolute Gasteiger partial charge is 0.328 e. The third kappa shape index (κ3) is 26.5. The van der Waals surface area contributed by atoms with Crippen molar-refractivity contribution in [3.63, 3.8) is 0 Å². The molecule has 0 spiro atoms. The maximum Gasteiger partial charge on any atom is 0.328 e. The Hall–Kier alpha value is -4.33. The van der Waals surface area contributed by atoms with Crippen LogP contribution >= 0.6 is 11.7 Å². The van der Waals surface area contributed by atoms with Crippen molar-refractivity contribution in [3.8, 4) is 5.88 Å². The van der Waals surface area contributed by atoms with Crippen LogP contribution in [-0.4, -0.2) is 88.0 Å². The summed E-state index contributed by atoms with van der Waals surface area (Å²) in [4.78, 5) is 33.8. The maximum absolute atomic E-state index is 12.6. The molecule has 0 aliphatic carbocycles. The molecule has 52 heavy (non-hydrogen) atoms. The number of carbonyl (C=O) groups excluding carboxylic acids is 1. The van der Waals surface area contributed by atoms with E-state index in [-0.39, 0.29) is 18.1 Å². The molecule has 1 saturated heterocycles. The van der Waals surface area contributed by atoms with Crippen molar-refractivity contribution in [2.75, 3.05) is 44.4 Å². The number of aliphatic carboxylic acids is 2. The summed E-state index contributed by atoms with van der Waals surface area (Å²) in [5, 5.41) is 19.0. The van der Waals surface area contributed by atoms with Crippen LogP contribution < -0.4 is 15.0 Å². The Morgan fingerprint density at radius 3 is 1.81 bits per heavy atom. The molecule has 1 aromatic heterocycles. The molecule has 0 bridgehead atoms. The average Bonchev–Trinajstić information content (AvgIpc) is 3.58. The van der Waals surface area contributed by atoms with Gasteiger partial charge in [0, 0.05) is 43.7 Å². The molecule has 0 radical (unpaired) electrons. The maximum atomic E-state index is 12.6. The summed E-state index contributed by atoms with van der Waals surface area (Å²) in [7, 11) is 0. The van der Waals surface area contributed by atoms with E-state index in [0.29, 0.717) is 50.6 Å². The molecule has 1 aliphatic rings. The number of nitrogens with one attached hydrogen (secondary N) is 1. The fourth-order valence-corrected chi connectivity index (χ4v) is 4.71. The number of ether oxygens (including phenoxy) is 3. The van der Waals surface area contributed by atoms with Gasteiger partial charge in [-0.1, -0.05) is 79.8 Å². The summed E-state index contributed by atoms with van der Waals surface area (Å²) in [6.07, 6.45) is 33.6. The molecule has 1 fully saturated rings. The summed E-state index contributed by atoms with van der Waals surface area (Å²) in [6.45, 7) is 11.9. The highest BCUT2D eigenvalue weighted by Gasteiger charge is 2.23. The molecule has 3 N–H and O–H groups in total. The van der Waals surface area contributed by atoms with E-state index in [2.05, 4.69) is 113 Å². The predicted octanol–water partition coefficient (Wildman–Crippen LogP) is 7.24. The number of rotatable bonds is 23. The molecule has 0 aromatic carbocycles. The Labute approximate surface area is 313 Å². The van der Waals surface area contributed by atoms with Gasteiger partial charge in [0.25, 0.3) is 5.88 Å². The van der Waals surface area contributed by atoms with Crippen LogP contribution in [0.5, 0.6) is 5.88 Å². The van der Waals surface area contributed by atoms with E-state index in [1.165, 1.54) is 0 Å². The molecule has 0 unspecified atom stereocenters. The van der Waals surface area contributed by atoms with Gasteiger partial charge < -0.3 is 34.6 Å². The second-order valence-electron chi connectivity index (χ2n) is 12.5. The van der Waals surface area contributed by atoms with Gasteiger partial charge >= 0.3 is 17.9 Å². The third-order valence-corrected chi connectivity index (χ3v) is 7.30. The summed E-state index contributed by atoms with van der Waals surface area (Å²) in [5.41, 5.74) is -0.113. The topological polar surface area (TPSA) is 160 Å². The molecule has 1 atom stereocenters. The molecule has 0 saturated carbocycles. The van der Waals surface area contributed by atoms with E-state index in [1.54, 1.807) is 0 Å². The van der Waals surface area contributed by atoms with E-state index in [9.17, 15) is 14.4 Å². The van der Waals surface area contributed by atoms with E-state index >= 15 is 0 Å². The van der Waals surface area contributed by atoms with Gasteiger partial charge in [0.05, 0.1) is 24.9 Å². The zero-order valence-electron chi connectivity index (χ0n) is 31.2. The number of hydrogen-bond acceptors (Lipinski definition) is 11. The molecule has 2 rings (SSSR count). The van der Waals surface area contributed by atoms with Gasteiger partial charge in [0.2, 0.25) is 5.82 Å². The zero-order chi connectivity index (χ0) is 38.3. The number of allylic oxidation sites excluding steroid dienone is 12. The summed E-state index contributed by atoms with van der Waals surface area (Å²) in [6, 6.07) is 0. The normalized spacial score (nSPS) is 14.7. The van der Waals surface area contributed by atoms with Crippen molar-refractivity contribution in [1.82, 2.24) is 14.1 Å². The summed E-state index contributed by atoms with van der Waals surface area (Å²) < 4.78 is 26.0. The molecular weight excluding hydrogens is 685 g/mol. The monoisotopic (exact) mass is 742 g/mol. The summed E-state index contributed by atoms with van der Waals surface area (Å²) in [5.74, 6) is -1.55. The minimum absolute atomic E-state index is 0.113. The number of carboxylic acids is 2. The minimum Gasteiger partial charge on any atom is -0.478 e. The minimum atomic E-state index is -1.26. The standard InChI is InChI=1S/C35H54N4O4S.C4H4O4/c1-5-6-7-8-9-10-11-12-13-14-15-16-17-18-19-20-21-22-23-24-32(40)43-31(29-36-35(2,3)4)30-42-34-33(37-44-38-34)39-25-27-41-28-26-39;5-3(6)1-2-4(7)8/h6-7,9-10,12-13,15-16,18-19,21-22,31,36H,5,8,11,14,17,20,23-30H2,1-4H3;1-2H,(H,5,6)(H,7,8)/b7-6-,10-9-,13-12-,16-15-,19-18-,22-21-;2-1-/t31-;/m0./s1. The first kappa shape index (κ1) is 45.7. The fraction of sp³-hybridized carbons (Fsp3) is 0.513. The van der Waals surface area contributed by atoms with Crippen LogP contribution in [0, 0.1) is 0 Å². The van der Waals surface area contributed by atoms with Crippen molar-refractivity contribution < 1.29 is 38.8 Å². The molecule has 12 nitrogen and oxygen atoms in total. The van der Waals surface area contributed by atoms with Gasteiger partial charge in [-0.05, 0) is 65.7 Å². The molecule has 13 heteroatoms. The predicted molar refractivity (Wildman–Crippen MR) is 208 cm³/mol. The second-order valence-corrected chi connectivity index (χ2v) is 13.0. The van der Waals surface area contributed by atoms with Crippen LogP contribution in [0.2, 0.25) is 0 Å². The highest BCUT2D eigenvalue weighted by atomic mass is 32.1. The Kier molecular flexibility index (Phi) is 25.7. The van der Waals surface area contributed by atoms with Crippen LogP contribution in [0.3, 0.4) is 0 Å².